The van der Waals surface area contributed by atoms with Crippen molar-refractivity contribution in [2.75, 3.05) is 6.61 Å². The van der Waals surface area contributed by atoms with Gasteiger partial charge in [0.25, 0.3) is 0 Å². The number of halogens is 1. The first kappa shape index (κ1) is 15.4. The summed E-state index contributed by atoms with van der Waals surface area (Å²) >= 11 is 6.57. The van der Waals surface area contributed by atoms with E-state index in [1.807, 2.05) is 0 Å². The molecule has 2 unspecified atom stereocenters. The monoisotopic (exact) mass is 306 g/mol. The number of benzene rings is 1. The van der Waals surface area contributed by atoms with Gasteiger partial charge in [0.2, 0.25) is 0 Å². The molecule has 0 bridgehead atoms. The van der Waals surface area contributed by atoms with Gasteiger partial charge in [0, 0.05) is 6.61 Å². The summed E-state index contributed by atoms with van der Waals surface area (Å²) in [5.41, 5.74) is 2.79. The van der Waals surface area contributed by atoms with Crippen LogP contribution in [0.4, 0.5) is 0 Å². The summed E-state index contributed by atoms with van der Waals surface area (Å²) in [5.74, 6) is 0.786. The van der Waals surface area contributed by atoms with Gasteiger partial charge < -0.3 is 4.74 Å². The van der Waals surface area contributed by atoms with E-state index in [4.69, 9.17) is 16.3 Å². The fraction of sp³-hybridized carbons (Fsp3) is 0.684. The molecule has 0 aromatic heterocycles. The van der Waals surface area contributed by atoms with E-state index >= 15 is 0 Å². The Hall–Kier alpha value is -0.530. The van der Waals surface area contributed by atoms with Crippen LogP contribution in [0, 0.1) is 0 Å². The quantitative estimate of drug-likeness (QED) is 0.609. The van der Waals surface area contributed by atoms with Gasteiger partial charge in [0.05, 0.1) is 11.5 Å². The van der Waals surface area contributed by atoms with Gasteiger partial charge in [-0.2, -0.15) is 0 Å². The van der Waals surface area contributed by atoms with Gasteiger partial charge in [-0.1, -0.05) is 43.5 Å². The molecule has 3 rings (SSSR count). The van der Waals surface area contributed by atoms with Crippen molar-refractivity contribution in [3.8, 4) is 0 Å². The molecule has 1 aliphatic heterocycles. The largest absolute Gasteiger partial charge is 0.378 e. The molecule has 2 aliphatic rings. The van der Waals surface area contributed by atoms with E-state index in [2.05, 4.69) is 24.3 Å². The molecule has 2 heteroatoms. The molecule has 1 saturated carbocycles. The van der Waals surface area contributed by atoms with E-state index < -0.39 is 0 Å². The molecule has 1 aromatic rings. The van der Waals surface area contributed by atoms with Crippen LogP contribution in [0.15, 0.2) is 24.3 Å². The van der Waals surface area contributed by atoms with E-state index in [0.29, 0.717) is 6.10 Å². The lowest BCUT2D eigenvalue weighted by molar-refractivity contribution is 0.102. The molecule has 0 radical (unpaired) electrons. The maximum Gasteiger partial charge on any atom is 0.0586 e. The van der Waals surface area contributed by atoms with Crippen molar-refractivity contribution in [1.82, 2.24) is 0 Å². The Morgan fingerprint density at radius 2 is 1.76 bits per heavy atom. The summed E-state index contributed by atoms with van der Waals surface area (Å²) in [7, 11) is 0. The van der Waals surface area contributed by atoms with Crippen molar-refractivity contribution >= 4 is 11.6 Å². The van der Waals surface area contributed by atoms with Crippen LogP contribution < -0.4 is 0 Å². The first-order valence-corrected chi connectivity index (χ1v) is 9.12. The van der Waals surface area contributed by atoms with Gasteiger partial charge in [-0.25, -0.2) is 0 Å². The zero-order valence-electron chi connectivity index (χ0n) is 12.9. The van der Waals surface area contributed by atoms with Gasteiger partial charge in [0.1, 0.15) is 0 Å². The average molecular weight is 307 g/mol. The summed E-state index contributed by atoms with van der Waals surface area (Å²) in [4.78, 5) is 0. The highest BCUT2D eigenvalue weighted by Crippen LogP contribution is 2.34. The fourth-order valence-electron chi connectivity index (χ4n) is 3.78. The van der Waals surface area contributed by atoms with Crippen LogP contribution in [0.2, 0.25) is 0 Å². The Kier molecular flexibility index (Phi) is 5.60. The van der Waals surface area contributed by atoms with Gasteiger partial charge >= 0.3 is 0 Å². The van der Waals surface area contributed by atoms with Crippen LogP contribution in [0.5, 0.6) is 0 Å². The second kappa shape index (κ2) is 7.65. The standard InChI is InChI=1S/C19H27ClO/c20-19(13-12-18-7-4-14-21-18)17-10-8-16(9-11-17)15-5-2-1-3-6-15/h8-11,15,18-19H,1-7,12-14H2. The SMILES string of the molecule is ClC(CCC1CCCO1)c1ccc(C2CCCCC2)cc1. The maximum absolute atomic E-state index is 6.57. The van der Waals surface area contributed by atoms with Crippen LogP contribution in [-0.4, -0.2) is 12.7 Å². The van der Waals surface area contributed by atoms with Crippen LogP contribution in [0.3, 0.4) is 0 Å². The predicted molar refractivity (Wildman–Crippen MR) is 89.1 cm³/mol. The van der Waals surface area contributed by atoms with E-state index in [9.17, 15) is 0 Å². The third-order valence-electron chi connectivity index (χ3n) is 5.14. The molecule has 1 heterocycles. The molecule has 1 aromatic carbocycles. The molecule has 116 valence electrons. The molecule has 2 atom stereocenters. The second-order valence-electron chi connectivity index (χ2n) is 6.68. The number of hydrogen-bond acceptors (Lipinski definition) is 1. The molecule has 1 nitrogen and oxygen atoms in total. The third-order valence-corrected chi connectivity index (χ3v) is 5.61. The van der Waals surface area contributed by atoms with Crippen LogP contribution in [-0.2, 0) is 4.74 Å². The van der Waals surface area contributed by atoms with Crippen molar-refractivity contribution in [2.24, 2.45) is 0 Å². The first-order chi connectivity index (χ1) is 10.3. The normalized spacial score (nSPS) is 25.1. The van der Waals surface area contributed by atoms with E-state index in [1.54, 1.807) is 0 Å². The molecule has 0 amide bonds. The topological polar surface area (TPSA) is 9.23 Å². The average Bonchev–Trinajstić information content (AvgIpc) is 3.07. The molecule has 0 N–H and O–H groups in total. The first-order valence-electron chi connectivity index (χ1n) is 8.68. The van der Waals surface area contributed by atoms with E-state index in [0.717, 1.165) is 25.4 Å². The highest BCUT2D eigenvalue weighted by atomic mass is 35.5. The number of rotatable bonds is 5. The Labute approximate surface area is 134 Å². The summed E-state index contributed by atoms with van der Waals surface area (Å²) in [6.07, 6.45) is 11.9. The molecule has 21 heavy (non-hydrogen) atoms. The highest BCUT2D eigenvalue weighted by Gasteiger charge is 2.19. The van der Waals surface area contributed by atoms with Crippen molar-refractivity contribution in [3.63, 3.8) is 0 Å². The van der Waals surface area contributed by atoms with Gasteiger partial charge in [-0.3, -0.25) is 0 Å². The minimum atomic E-state index is 0.134. The summed E-state index contributed by atoms with van der Waals surface area (Å²) in [6, 6.07) is 9.12. The van der Waals surface area contributed by atoms with Crippen LogP contribution in [0.1, 0.15) is 80.2 Å². The van der Waals surface area contributed by atoms with Crippen LogP contribution >= 0.6 is 11.6 Å². The summed E-state index contributed by atoms with van der Waals surface area (Å²) < 4.78 is 5.68. The highest BCUT2D eigenvalue weighted by molar-refractivity contribution is 6.20. The lowest BCUT2D eigenvalue weighted by Gasteiger charge is -2.22. The second-order valence-corrected chi connectivity index (χ2v) is 7.21. The Balaban J connectivity index is 1.52. The fourth-order valence-corrected chi connectivity index (χ4v) is 4.06. The summed E-state index contributed by atoms with van der Waals surface area (Å²) in [6.45, 7) is 0.938. The smallest absolute Gasteiger partial charge is 0.0586 e. The lowest BCUT2D eigenvalue weighted by Crippen LogP contribution is -2.06. The van der Waals surface area contributed by atoms with Gasteiger partial charge in [0.15, 0.2) is 0 Å². The Morgan fingerprint density at radius 1 is 1.00 bits per heavy atom. The molecule has 2 fully saturated rings. The van der Waals surface area contributed by atoms with E-state index in [1.165, 1.54) is 56.1 Å². The van der Waals surface area contributed by atoms with Crippen molar-refractivity contribution in [1.29, 1.82) is 0 Å². The molecule has 1 aliphatic carbocycles. The molecule has 1 saturated heterocycles. The van der Waals surface area contributed by atoms with E-state index in [-0.39, 0.29) is 5.38 Å². The third kappa shape index (κ3) is 4.23. The number of alkyl halides is 1. The molecule has 0 spiro atoms. The maximum atomic E-state index is 6.57. The molecular formula is C19H27ClO. The van der Waals surface area contributed by atoms with Crippen molar-refractivity contribution < 1.29 is 4.74 Å². The number of hydrogen-bond donors (Lipinski definition) is 0. The summed E-state index contributed by atoms with van der Waals surface area (Å²) in [5, 5.41) is 0.134. The predicted octanol–water partition coefficient (Wildman–Crippen LogP) is 5.97. The zero-order valence-corrected chi connectivity index (χ0v) is 13.7. The van der Waals surface area contributed by atoms with Crippen molar-refractivity contribution in [3.05, 3.63) is 35.4 Å². The molecular weight excluding hydrogens is 280 g/mol. The van der Waals surface area contributed by atoms with Crippen LogP contribution in [0.25, 0.3) is 0 Å². The Morgan fingerprint density at radius 3 is 2.43 bits per heavy atom. The lowest BCUT2D eigenvalue weighted by atomic mass is 9.84. The minimum absolute atomic E-state index is 0.134. The minimum Gasteiger partial charge on any atom is -0.378 e. The number of ether oxygens (including phenoxy) is 1. The Bertz CT molecular complexity index is 416. The van der Waals surface area contributed by atoms with Crippen molar-refractivity contribution in [2.45, 2.75) is 75.2 Å². The van der Waals surface area contributed by atoms with Gasteiger partial charge in [-0.15, -0.1) is 11.6 Å². The zero-order chi connectivity index (χ0) is 14.5. The van der Waals surface area contributed by atoms with Gasteiger partial charge in [-0.05, 0) is 55.6 Å².